The molecule has 0 radical (unpaired) electrons. The second-order valence-corrected chi connectivity index (χ2v) is 8.72. The van der Waals surface area contributed by atoms with E-state index in [1.165, 1.54) is 4.90 Å². The molecule has 7 heteroatoms. The van der Waals surface area contributed by atoms with Gasteiger partial charge in [-0.05, 0) is 42.3 Å². The molecule has 2 aromatic carbocycles. The molecular weight excluding hydrogens is 432 g/mol. The molecule has 4 aromatic rings. The normalized spacial score (nSPS) is 10.8. The minimum atomic E-state index is -0.221. The van der Waals surface area contributed by atoms with E-state index in [1.807, 2.05) is 84.4 Å². The third-order valence-electron chi connectivity index (χ3n) is 5.31. The van der Waals surface area contributed by atoms with Gasteiger partial charge in [-0.2, -0.15) is 0 Å². The largest absolute Gasteiger partial charge is 0.332 e. The van der Waals surface area contributed by atoms with E-state index >= 15 is 0 Å². The summed E-state index contributed by atoms with van der Waals surface area (Å²) in [6, 6.07) is 21.1. The van der Waals surface area contributed by atoms with Crippen molar-refractivity contribution >= 4 is 34.9 Å². The minimum absolute atomic E-state index is 0.0255. The van der Waals surface area contributed by atoms with Crippen LogP contribution in [0.5, 0.6) is 0 Å². The molecule has 4 rings (SSSR count). The van der Waals surface area contributed by atoms with Crippen LogP contribution in [0, 0.1) is 0 Å². The van der Waals surface area contributed by atoms with Crippen LogP contribution in [0.25, 0.3) is 5.65 Å². The Hall–Kier alpha value is -3.58. The van der Waals surface area contributed by atoms with Gasteiger partial charge in [-0.15, -0.1) is 11.8 Å². The average Bonchev–Trinajstić information content (AvgIpc) is 3.26. The summed E-state index contributed by atoms with van der Waals surface area (Å²) in [6.07, 6.45) is 4.78. The molecular formula is C26H26N4O2S. The van der Waals surface area contributed by atoms with Crippen molar-refractivity contribution in [1.29, 1.82) is 0 Å². The van der Waals surface area contributed by atoms with Crippen molar-refractivity contribution in [2.24, 2.45) is 0 Å². The Morgan fingerprint density at radius 1 is 1.03 bits per heavy atom. The van der Waals surface area contributed by atoms with Crippen molar-refractivity contribution in [2.45, 2.75) is 24.0 Å². The molecule has 0 aliphatic rings. The van der Waals surface area contributed by atoms with Crippen LogP contribution in [0.3, 0.4) is 0 Å². The predicted octanol–water partition coefficient (Wildman–Crippen LogP) is 4.90. The fourth-order valence-corrected chi connectivity index (χ4v) is 4.54. The summed E-state index contributed by atoms with van der Waals surface area (Å²) in [5, 5.41) is 2.92. The molecule has 0 spiro atoms. The molecule has 0 bridgehead atoms. The number of para-hydroxylation sites is 1. The van der Waals surface area contributed by atoms with E-state index in [4.69, 9.17) is 0 Å². The van der Waals surface area contributed by atoms with Crippen molar-refractivity contribution in [2.75, 3.05) is 18.9 Å². The molecule has 1 N–H and O–H groups in total. The summed E-state index contributed by atoms with van der Waals surface area (Å²) in [4.78, 5) is 32.7. The number of likely N-dealkylation sites (N-methyl/N-ethyl adjacent to an activating group) is 1. The van der Waals surface area contributed by atoms with Gasteiger partial charge in [0.1, 0.15) is 5.65 Å². The Labute approximate surface area is 197 Å². The number of nitrogens with one attached hydrogen (secondary N) is 1. The monoisotopic (exact) mass is 458 g/mol. The molecule has 0 fully saturated rings. The fraction of sp³-hybridized carbons (Fsp3) is 0.192. The molecule has 0 aliphatic carbocycles. The Kier molecular flexibility index (Phi) is 7.10. The SMILES string of the molecule is CCc1ccccc1NC(=O)CN(C)C(=O)c1ccccc1SCc1cn2ccccc2n1. The van der Waals surface area contributed by atoms with Gasteiger partial charge in [0, 0.05) is 35.8 Å². The highest BCUT2D eigenvalue weighted by atomic mass is 32.2. The van der Waals surface area contributed by atoms with E-state index in [9.17, 15) is 9.59 Å². The smallest absolute Gasteiger partial charge is 0.255 e. The molecule has 0 saturated heterocycles. The van der Waals surface area contributed by atoms with Crippen molar-refractivity contribution in [3.8, 4) is 0 Å². The number of imidazole rings is 1. The zero-order chi connectivity index (χ0) is 23.2. The number of fused-ring (bicyclic) bond motifs is 1. The summed E-state index contributed by atoms with van der Waals surface area (Å²) >= 11 is 1.56. The van der Waals surface area contributed by atoms with E-state index in [0.29, 0.717) is 11.3 Å². The Balaban J connectivity index is 1.41. The maximum atomic E-state index is 13.1. The number of aryl methyl sites for hydroxylation is 1. The van der Waals surface area contributed by atoms with E-state index in [-0.39, 0.29) is 18.4 Å². The van der Waals surface area contributed by atoms with E-state index in [0.717, 1.165) is 33.9 Å². The van der Waals surface area contributed by atoms with Gasteiger partial charge in [0.25, 0.3) is 5.91 Å². The lowest BCUT2D eigenvalue weighted by Gasteiger charge is -2.19. The molecule has 2 amide bonds. The van der Waals surface area contributed by atoms with Gasteiger partial charge in [-0.1, -0.05) is 43.3 Å². The number of pyridine rings is 1. The van der Waals surface area contributed by atoms with Gasteiger partial charge < -0.3 is 14.6 Å². The lowest BCUT2D eigenvalue weighted by molar-refractivity contribution is -0.116. The zero-order valence-corrected chi connectivity index (χ0v) is 19.5. The van der Waals surface area contributed by atoms with E-state index < -0.39 is 0 Å². The highest BCUT2D eigenvalue weighted by Gasteiger charge is 2.19. The van der Waals surface area contributed by atoms with Gasteiger partial charge >= 0.3 is 0 Å². The Morgan fingerprint density at radius 3 is 2.61 bits per heavy atom. The second kappa shape index (κ2) is 10.4. The number of hydrogen-bond acceptors (Lipinski definition) is 4. The van der Waals surface area contributed by atoms with E-state index in [2.05, 4.69) is 10.3 Å². The molecule has 168 valence electrons. The molecule has 0 saturated carbocycles. The van der Waals surface area contributed by atoms with Crippen LogP contribution < -0.4 is 5.32 Å². The number of carbonyl (C=O) groups is 2. The summed E-state index contributed by atoms with van der Waals surface area (Å²) in [5.41, 5.74) is 4.27. The van der Waals surface area contributed by atoms with Crippen LogP contribution in [0.4, 0.5) is 5.69 Å². The topological polar surface area (TPSA) is 66.7 Å². The van der Waals surface area contributed by atoms with Crippen LogP contribution in [0.15, 0.2) is 84.0 Å². The summed E-state index contributed by atoms with van der Waals surface area (Å²) in [5.74, 6) is 0.234. The highest BCUT2D eigenvalue weighted by molar-refractivity contribution is 7.98. The van der Waals surface area contributed by atoms with Crippen LogP contribution in [-0.4, -0.2) is 39.7 Å². The quantitative estimate of drug-likeness (QED) is 0.382. The molecule has 6 nitrogen and oxygen atoms in total. The van der Waals surface area contributed by atoms with Gasteiger partial charge in [0.05, 0.1) is 17.8 Å². The van der Waals surface area contributed by atoms with Crippen molar-refractivity contribution in [3.63, 3.8) is 0 Å². The summed E-state index contributed by atoms with van der Waals surface area (Å²) in [7, 11) is 1.65. The van der Waals surface area contributed by atoms with Gasteiger partial charge in [0.2, 0.25) is 5.91 Å². The zero-order valence-electron chi connectivity index (χ0n) is 18.7. The van der Waals surface area contributed by atoms with E-state index in [1.54, 1.807) is 24.9 Å². The molecule has 0 aliphatic heterocycles. The number of carbonyl (C=O) groups excluding carboxylic acids is 2. The summed E-state index contributed by atoms with van der Waals surface area (Å²) in [6.45, 7) is 2.02. The third-order valence-corrected chi connectivity index (χ3v) is 6.41. The van der Waals surface area contributed by atoms with Crippen molar-refractivity contribution < 1.29 is 9.59 Å². The Bertz CT molecular complexity index is 1250. The van der Waals surface area contributed by atoms with Crippen LogP contribution in [-0.2, 0) is 17.0 Å². The number of aromatic nitrogens is 2. The van der Waals surface area contributed by atoms with Crippen LogP contribution in [0.2, 0.25) is 0 Å². The molecule has 2 heterocycles. The van der Waals surface area contributed by atoms with Gasteiger partial charge in [-0.3, -0.25) is 9.59 Å². The lowest BCUT2D eigenvalue weighted by atomic mass is 10.1. The first-order valence-electron chi connectivity index (χ1n) is 10.8. The van der Waals surface area contributed by atoms with Crippen molar-refractivity contribution in [3.05, 3.63) is 95.9 Å². The van der Waals surface area contributed by atoms with Gasteiger partial charge in [-0.25, -0.2) is 4.98 Å². The number of hydrogen-bond donors (Lipinski definition) is 1. The second-order valence-electron chi connectivity index (χ2n) is 7.70. The third kappa shape index (κ3) is 5.43. The first-order chi connectivity index (χ1) is 16.0. The maximum absolute atomic E-state index is 13.1. The number of rotatable bonds is 8. The van der Waals surface area contributed by atoms with Gasteiger partial charge in [0.15, 0.2) is 0 Å². The molecule has 0 unspecified atom stereocenters. The lowest BCUT2D eigenvalue weighted by Crippen LogP contribution is -2.35. The molecule has 2 aromatic heterocycles. The molecule has 33 heavy (non-hydrogen) atoms. The predicted molar refractivity (Wildman–Crippen MR) is 133 cm³/mol. The summed E-state index contributed by atoms with van der Waals surface area (Å²) < 4.78 is 1.98. The number of nitrogens with zero attached hydrogens (tertiary/aromatic N) is 3. The standard InChI is InChI=1S/C26H26N4O2S/c1-3-19-10-4-6-12-22(19)28-25(31)17-29(2)26(32)21-11-5-7-13-23(21)33-18-20-16-30-15-9-8-14-24(30)27-20/h4-16H,3,17-18H2,1-2H3,(H,28,31). The first kappa shape index (κ1) is 22.6. The number of thioether (sulfide) groups is 1. The maximum Gasteiger partial charge on any atom is 0.255 e. The minimum Gasteiger partial charge on any atom is -0.332 e. The Morgan fingerprint density at radius 2 is 1.79 bits per heavy atom. The van der Waals surface area contributed by atoms with Crippen molar-refractivity contribution in [1.82, 2.24) is 14.3 Å². The molecule has 0 atom stereocenters. The van der Waals surface area contributed by atoms with Crippen LogP contribution in [0.1, 0.15) is 28.5 Å². The van der Waals surface area contributed by atoms with Crippen LogP contribution >= 0.6 is 11.8 Å². The number of benzene rings is 2. The number of anilines is 1. The highest BCUT2D eigenvalue weighted by Crippen LogP contribution is 2.27. The average molecular weight is 459 g/mol. The number of amides is 2. The first-order valence-corrected chi connectivity index (χ1v) is 11.8. The fourth-order valence-electron chi connectivity index (χ4n) is 3.61.